The Morgan fingerprint density at radius 2 is 1.89 bits per heavy atom. The van der Waals surface area contributed by atoms with Gasteiger partial charge in [-0.15, -0.1) is 0 Å². The van der Waals surface area contributed by atoms with Crippen LogP contribution in [0.5, 0.6) is 5.75 Å². The number of anilines is 1. The van der Waals surface area contributed by atoms with Crippen LogP contribution in [-0.2, 0) is 9.59 Å². The number of halogens is 3. The van der Waals surface area contributed by atoms with Crippen molar-refractivity contribution in [3.05, 3.63) is 58.2 Å². The molecule has 10 nitrogen and oxygen atoms in total. The van der Waals surface area contributed by atoms with Crippen molar-refractivity contribution in [2.75, 3.05) is 18.8 Å². The Hall–Kier alpha value is -3.41. The third-order valence-electron chi connectivity index (χ3n) is 5.59. The minimum Gasteiger partial charge on any atom is -0.482 e. The van der Waals surface area contributed by atoms with Crippen LogP contribution in [0.4, 0.5) is 10.2 Å². The molecule has 1 aliphatic rings. The quantitative estimate of drug-likeness (QED) is 0.243. The van der Waals surface area contributed by atoms with E-state index < -0.39 is 30.3 Å². The summed E-state index contributed by atoms with van der Waals surface area (Å²) in [5, 5.41) is 23.5. The van der Waals surface area contributed by atoms with E-state index in [1.54, 1.807) is 19.2 Å². The lowest BCUT2D eigenvalue weighted by Crippen LogP contribution is -2.29. The predicted octanol–water partition coefficient (Wildman–Crippen LogP) is 4.58. The number of nitrogens with two attached hydrogens (primary N) is 1. The highest BCUT2D eigenvalue weighted by molar-refractivity contribution is 6.36. The zero-order chi connectivity index (χ0) is 27.1. The van der Waals surface area contributed by atoms with Crippen molar-refractivity contribution in [3.63, 3.8) is 0 Å². The Bertz CT molecular complexity index is 1250. The van der Waals surface area contributed by atoms with Crippen molar-refractivity contribution in [3.8, 4) is 16.9 Å². The van der Waals surface area contributed by atoms with Gasteiger partial charge in [-0.25, -0.2) is 9.37 Å². The summed E-state index contributed by atoms with van der Waals surface area (Å²) in [7, 11) is 0. The second-order valence-electron chi connectivity index (χ2n) is 8.28. The van der Waals surface area contributed by atoms with Gasteiger partial charge >= 0.3 is 11.9 Å². The van der Waals surface area contributed by atoms with Gasteiger partial charge < -0.3 is 26.0 Å². The molecule has 3 heterocycles. The minimum atomic E-state index is -1.31. The van der Waals surface area contributed by atoms with E-state index in [0.717, 1.165) is 37.1 Å². The number of rotatable bonds is 7. The summed E-state index contributed by atoms with van der Waals surface area (Å²) in [4.78, 5) is 23.1. The Morgan fingerprint density at radius 3 is 2.51 bits per heavy atom. The van der Waals surface area contributed by atoms with E-state index in [4.69, 9.17) is 43.9 Å². The van der Waals surface area contributed by atoms with Crippen LogP contribution >= 0.6 is 23.2 Å². The van der Waals surface area contributed by atoms with Gasteiger partial charge in [-0.1, -0.05) is 23.2 Å². The summed E-state index contributed by atoms with van der Waals surface area (Å²) in [5.74, 6) is -2.59. The molecule has 1 aliphatic heterocycles. The van der Waals surface area contributed by atoms with Crippen molar-refractivity contribution in [2.45, 2.75) is 38.3 Å². The second kappa shape index (κ2) is 12.7. The van der Waals surface area contributed by atoms with Crippen molar-refractivity contribution in [2.24, 2.45) is 0 Å². The Labute approximate surface area is 222 Å². The van der Waals surface area contributed by atoms with Gasteiger partial charge in [0.15, 0.2) is 11.6 Å². The highest BCUT2D eigenvalue weighted by Crippen LogP contribution is 2.37. The number of benzene rings is 1. The highest BCUT2D eigenvalue weighted by atomic mass is 35.5. The van der Waals surface area contributed by atoms with E-state index in [1.807, 2.05) is 17.1 Å². The molecule has 4 rings (SSSR count). The lowest BCUT2D eigenvalue weighted by Gasteiger charge is -2.22. The zero-order valence-electron chi connectivity index (χ0n) is 19.8. The molecule has 37 heavy (non-hydrogen) atoms. The molecule has 5 N–H and O–H groups in total. The van der Waals surface area contributed by atoms with Crippen LogP contribution in [0.1, 0.15) is 43.9 Å². The summed E-state index contributed by atoms with van der Waals surface area (Å²) in [6.07, 6.45) is 6.15. The first-order valence-electron chi connectivity index (χ1n) is 11.3. The molecule has 0 radical (unpaired) electrons. The van der Waals surface area contributed by atoms with Crippen molar-refractivity contribution < 1.29 is 28.9 Å². The highest BCUT2D eigenvalue weighted by Gasteiger charge is 2.21. The number of nitrogen functional groups attached to an aromatic ring is 1. The monoisotopic (exact) mass is 553 g/mol. The topological polar surface area (TPSA) is 153 Å². The van der Waals surface area contributed by atoms with Crippen LogP contribution in [0.15, 0.2) is 36.8 Å². The molecular formula is C24H26Cl2FN5O5. The number of aromatic nitrogens is 3. The smallest absolute Gasteiger partial charge is 0.314 e. The van der Waals surface area contributed by atoms with Crippen molar-refractivity contribution in [1.82, 2.24) is 20.1 Å². The number of nitrogens with zero attached hydrogens (tertiary/aromatic N) is 3. The van der Waals surface area contributed by atoms with Crippen LogP contribution in [0.3, 0.4) is 0 Å². The number of pyridine rings is 1. The van der Waals surface area contributed by atoms with Gasteiger partial charge in [0.25, 0.3) is 0 Å². The zero-order valence-corrected chi connectivity index (χ0v) is 21.3. The molecule has 1 saturated heterocycles. The second-order valence-corrected chi connectivity index (χ2v) is 9.06. The molecule has 3 aromatic rings. The summed E-state index contributed by atoms with van der Waals surface area (Å²) < 4.78 is 21.9. The standard InChI is InChI=1S/C21H22Cl2FN5O.C3H4O4/c1-12(19-16(22)2-3-17(24)20(19)23)30-18-8-13(9-27-21(18)25)14-10-28-29(11-14)15-4-6-26-7-5-15;4-2(5)1-3(6)7/h2-3,8-12,15,26H,4-7H2,1H3,(H2,25,27);1H2,(H,4,5)(H,6,7). The SMILES string of the molecule is CC(Oc1cc(-c2cnn(C3CCNCC3)c2)cnc1N)c1c(Cl)ccc(F)c1Cl.O=C(O)CC(=O)O. The molecule has 0 aliphatic carbocycles. The largest absolute Gasteiger partial charge is 0.482 e. The van der Waals surface area contributed by atoms with E-state index >= 15 is 0 Å². The third kappa shape index (κ3) is 7.54. The van der Waals surface area contributed by atoms with Gasteiger partial charge in [-0.05, 0) is 51.1 Å². The van der Waals surface area contributed by atoms with Gasteiger partial charge in [-0.3, -0.25) is 14.3 Å². The molecule has 198 valence electrons. The number of aliphatic carboxylic acids is 2. The number of carboxylic acids is 2. The third-order valence-corrected chi connectivity index (χ3v) is 6.31. The van der Waals surface area contributed by atoms with E-state index in [9.17, 15) is 14.0 Å². The molecule has 1 unspecified atom stereocenters. The number of hydrogen-bond acceptors (Lipinski definition) is 7. The van der Waals surface area contributed by atoms with Crippen molar-refractivity contribution >= 4 is 41.0 Å². The van der Waals surface area contributed by atoms with Crippen LogP contribution in [-0.4, -0.2) is 50.0 Å². The van der Waals surface area contributed by atoms with Crippen LogP contribution in [0.25, 0.3) is 11.1 Å². The number of carbonyl (C=O) groups is 2. The maximum Gasteiger partial charge on any atom is 0.314 e. The van der Waals surface area contributed by atoms with Crippen LogP contribution in [0, 0.1) is 5.82 Å². The fourth-order valence-electron chi connectivity index (χ4n) is 3.76. The Balaban J connectivity index is 0.000000479. The van der Waals surface area contributed by atoms with Crippen LogP contribution < -0.4 is 15.8 Å². The van der Waals surface area contributed by atoms with E-state index in [-0.39, 0.29) is 10.8 Å². The van der Waals surface area contributed by atoms with E-state index in [2.05, 4.69) is 15.4 Å². The minimum absolute atomic E-state index is 0.0686. The van der Waals surface area contributed by atoms with Gasteiger partial charge in [0.05, 0.1) is 17.3 Å². The van der Waals surface area contributed by atoms with Crippen molar-refractivity contribution in [1.29, 1.82) is 0 Å². The average molecular weight is 554 g/mol. The molecule has 1 atom stereocenters. The first-order valence-corrected chi connectivity index (χ1v) is 12.1. The molecule has 0 spiro atoms. The van der Waals surface area contributed by atoms with Gasteiger partial charge in [0, 0.05) is 34.1 Å². The lowest BCUT2D eigenvalue weighted by atomic mass is 10.1. The average Bonchev–Trinajstić information content (AvgIpc) is 3.34. The number of hydrogen-bond donors (Lipinski definition) is 4. The normalized spacial score (nSPS) is 14.4. The maximum absolute atomic E-state index is 13.9. The summed E-state index contributed by atoms with van der Waals surface area (Å²) in [5.41, 5.74) is 8.12. The molecule has 0 amide bonds. The maximum atomic E-state index is 13.9. The van der Waals surface area contributed by atoms with E-state index in [1.165, 1.54) is 12.1 Å². The fourth-order valence-corrected chi connectivity index (χ4v) is 4.44. The molecule has 13 heteroatoms. The molecule has 2 aromatic heterocycles. The number of nitrogens with one attached hydrogen (secondary N) is 1. The van der Waals surface area contributed by atoms with E-state index in [0.29, 0.717) is 22.4 Å². The first kappa shape index (κ1) is 28.2. The molecule has 1 fully saturated rings. The number of ether oxygens (including phenoxy) is 1. The lowest BCUT2D eigenvalue weighted by molar-refractivity contribution is -0.147. The van der Waals surface area contributed by atoms with Gasteiger partial charge in [0.1, 0.15) is 18.3 Å². The summed E-state index contributed by atoms with van der Waals surface area (Å²) in [6.45, 7) is 3.71. The predicted molar refractivity (Wildman–Crippen MR) is 136 cm³/mol. The number of piperidine rings is 1. The van der Waals surface area contributed by atoms with Gasteiger partial charge in [0.2, 0.25) is 0 Å². The molecular weight excluding hydrogens is 528 g/mol. The Morgan fingerprint density at radius 1 is 1.22 bits per heavy atom. The van der Waals surface area contributed by atoms with Gasteiger partial charge in [-0.2, -0.15) is 5.10 Å². The fraction of sp³-hybridized carbons (Fsp3) is 0.333. The summed E-state index contributed by atoms with van der Waals surface area (Å²) >= 11 is 12.3. The summed E-state index contributed by atoms with van der Waals surface area (Å²) in [6, 6.07) is 4.85. The molecule has 0 saturated carbocycles. The molecule has 1 aromatic carbocycles. The first-order chi connectivity index (χ1) is 17.6. The number of carboxylic acid groups (broad SMARTS) is 2. The van der Waals surface area contributed by atoms with Crippen LogP contribution in [0.2, 0.25) is 10.0 Å². The Kier molecular flexibility index (Phi) is 9.67. The molecule has 0 bridgehead atoms.